The Morgan fingerprint density at radius 2 is 1.88 bits per heavy atom. The van der Waals surface area contributed by atoms with Crippen molar-refractivity contribution in [2.45, 2.75) is 36.8 Å². The monoisotopic (exact) mass is 252 g/mol. The predicted octanol–water partition coefficient (Wildman–Crippen LogP) is -3.64. The number of hydrogen-bond donors (Lipinski definition) is 5. The predicted molar refractivity (Wildman–Crippen MR) is 51.8 cm³/mol. The summed E-state index contributed by atoms with van der Waals surface area (Å²) < 4.78 is 9.83. The van der Waals surface area contributed by atoms with E-state index < -0.39 is 50.0 Å². The molecule has 0 aromatic rings. The van der Waals surface area contributed by atoms with Gasteiger partial charge in [0.05, 0.1) is 13.2 Å². The third-order valence-corrected chi connectivity index (χ3v) is 2.44. The molecule has 0 amide bonds. The SMILES string of the molecule is O=C[C@@H](O)CO[C@H]1O[C@H](CO)[C@H](O)[C@H](O)[C@H]1O. The summed E-state index contributed by atoms with van der Waals surface area (Å²) in [5, 5.41) is 46.1. The maximum atomic E-state index is 10.1. The first kappa shape index (κ1) is 14.5. The molecule has 0 aromatic carbocycles. The maximum Gasteiger partial charge on any atom is 0.186 e. The van der Waals surface area contributed by atoms with E-state index in [4.69, 9.17) is 19.7 Å². The van der Waals surface area contributed by atoms with Gasteiger partial charge in [-0.2, -0.15) is 0 Å². The van der Waals surface area contributed by atoms with Gasteiger partial charge in [0, 0.05) is 0 Å². The van der Waals surface area contributed by atoms with E-state index in [0.29, 0.717) is 0 Å². The number of aliphatic hydroxyl groups is 5. The molecule has 0 bridgehead atoms. The van der Waals surface area contributed by atoms with Crippen molar-refractivity contribution >= 4 is 6.29 Å². The van der Waals surface area contributed by atoms with Crippen molar-refractivity contribution < 1.29 is 39.8 Å². The molecule has 0 aromatic heterocycles. The molecular weight excluding hydrogens is 236 g/mol. The van der Waals surface area contributed by atoms with Crippen molar-refractivity contribution in [2.24, 2.45) is 0 Å². The van der Waals surface area contributed by atoms with Crippen LogP contribution >= 0.6 is 0 Å². The zero-order chi connectivity index (χ0) is 13.0. The van der Waals surface area contributed by atoms with Gasteiger partial charge in [-0.05, 0) is 0 Å². The number of aldehydes is 1. The van der Waals surface area contributed by atoms with Crippen LogP contribution in [-0.4, -0.2) is 81.8 Å². The van der Waals surface area contributed by atoms with Gasteiger partial charge < -0.3 is 39.8 Å². The van der Waals surface area contributed by atoms with Crippen LogP contribution in [-0.2, 0) is 14.3 Å². The lowest BCUT2D eigenvalue weighted by Gasteiger charge is -2.39. The normalized spacial score (nSPS) is 39.9. The number of rotatable bonds is 5. The Morgan fingerprint density at radius 3 is 2.41 bits per heavy atom. The molecule has 1 aliphatic rings. The van der Waals surface area contributed by atoms with Gasteiger partial charge in [-0.25, -0.2) is 0 Å². The Kier molecular flexibility index (Phi) is 5.40. The lowest BCUT2D eigenvalue weighted by Crippen LogP contribution is -2.59. The summed E-state index contributed by atoms with van der Waals surface area (Å²) in [4.78, 5) is 10.1. The smallest absolute Gasteiger partial charge is 0.186 e. The minimum absolute atomic E-state index is 0.240. The van der Waals surface area contributed by atoms with Gasteiger partial charge in [0.1, 0.15) is 30.5 Å². The first-order chi connectivity index (χ1) is 8.01. The van der Waals surface area contributed by atoms with Crippen LogP contribution in [0.1, 0.15) is 0 Å². The topological polar surface area (TPSA) is 137 Å². The van der Waals surface area contributed by atoms with Gasteiger partial charge in [0.2, 0.25) is 0 Å². The summed E-state index contributed by atoms with van der Waals surface area (Å²) >= 11 is 0. The number of carbonyl (C=O) groups excluding carboxylic acids is 1. The fraction of sp³-hybridized carbons (Fsp3) is 0.889. The summed E-state index contributed by atoms with van der Waals surface area (Å²) in [6, 6.07) is 0. The van der Waals surface area contributed by atoms with E-state index in [9.17, 15) is 20.1 Å². The summed E-state index contributed by atoms with van der Waals surface area (Å²) in [5.74, 6) is 0. The number of hydrogen-bond acceptors (Lipinski definition) is 8. The van der Waals surface area contributed by atoms with Crippen molar-refractivity contribution in [1.82, 2.24) is 0 Å². The molecule has 0 spiro atoms. The second kappa shape index (κ2) is 6.36. The standard InChI is InChI=1S/C9H16O8/c10-1-4(12)3-16-9-8(15)7(14)6(13)5(2-11)17-9/h1,4-9,11-15H,2-3H2/t4-,5-,6+,7+,8-,9+/m1/s1. The highest BCUT2D eigenvalue weighted by Gasteiger charge is 2.44. The van der Waals surface area contributed by atoms with E-state index in [2.05, 4.69) is 0 Å². The van der Waals surface area contributed by atoms with Crippen molar-refractivity contribution in [3.63, 3.8) is 0 Å². The molecule has 0 saturated carbocycles. The molecule has 6 atom stereocenters. The molecule has 1 fully saturated rings. The third-order valence-electron chi connectivity index (χ3n) is 2.44. The second-order valence-electron chi connectivity index (χ2n) is 3.73. The highest BCUT2D eigenvalue weighted by molar-refractivity contribution is 5.55. The molecule has 1 aliphatic heterocycles. The first-order valence-electron chi connectivity index (χ1n) is 5.06. The molecule has 17 heavy (non-hydrogen) atoms. The lowest BCUT2D eigenvalue weighted by atomic mass is 9.99. The van der Waals surface area contributed by atoms with Crippen molar-refractivity contribution in [2.75, 3.05) is 13.2 Å². The first-order valence-corrected chi connectivity index (χ1v) is 5.06. The Balaban J connectivity index is 2.56. The van der Waals surface area contributed by atoms with Gasteiger partial charge in [0.25, 0.3) is 0 Å². The Hall–Kier alpha value is -0.610. The van der Waals surface area contributed by atoms with E-state index in [-0.39, 0.29) is 6.29 Å². The average Bonchev–Trinajstić information content (AvgIpc) is 2.34. The van der Waals surface area contributed by atoms with Crippen molar-refractivity contribution in [1.29, 1.82) is 0 Å². The molecule has 0 aliphatic carbocycles. The van der Waals surface area contributed by atoms with E-state index in [1.165, 1.54) is 0 Å². The molecule has 1 rings (SSSR count). The summed E-state index contributed by atoms with van der Waals surface area (Å²) in [7, 11) is 0. The van der Waals surface area contributed by atoms with Crippen LogP contribution in [0.25, 0.3) is 0 Å². The Labute approximate surface area is 97.0 Å². The number of aliphatic hydroxyl groups excluding tert-OH is 5. The van der Waals surface area contributed by atoms with Crippen LogP contribution in [0, 0.1) is 0 Å². The van der Waals surface area contributed by atoms with E-state index in [1.54, 1.807) is 0 Å². The molecular formula is C9H16O8. The van der Waals surface area contributed by atoms with Gasteiger partial charge >= 0.3 is 0 Å². The highest BCUT2D eigenvalue weighted by Crippen LogP contribution is 2.21. The van der Waals surface area contributed by atoms with Crippen LogP contribution in [0.5, 0.6) is 0 Å². The molecule has 8 heteroatoms. The molecule has 5 N–H and O–H groups in total. The zero-order valence-corrected chi connectivity index (χ0v) is 8.92. The molecule has 0 unspecified atom stereocenters. The number of carbonyl (C=O) groups is 1. The largest absolute Gasteiger partial charge is 0.394 e. The summed E-state index contributed by atoms with van der Waals surface area (Å²) in [6.07, 6.45) is -8.09. The fourth-order valence-electron chi connectivity index (χ4n) is 1.44. The Morgan fingerprint density at radius 1 is 1.24 bits per heavy atom. The van der Waals surface area contributed by atoms with Crippen molar-refractivity contribution in [3.8, 4) is 0 Å². The molecule has 8 nitrogen and oxygen atoms in total. The average molecular weight is 252 g/mol. The second-order valence-corrected chi connectivity index (χ2v) is 3.73. The summed E-state index contributed by atoms with van der Waals surface area (Å²) in [5.41, 5.74) is 0. The number of ether oxygens (including phenoxy) is 2. The van der Waals surface area contributed by atoms with Crippen LogP contribution in [0.4, 0.5) is 0 Å². The molecule has 1 heterocycles. The molecule has 1 saturated heterocycles. The molecule has 0 radical (unpaired) electrons. The molecule has 100 valence electrons. The van der Waals surface area contributed by atoms with Crippen LogP contribution < -0.4 is 0 Å². The van der Waals surface area contributed by atoms with Gasteiger partial charge in [-0.3, -0.25) is 0 Å². The highest BCUT2D eigenvalue weighted by atomic mass is 16.7. The van der Waals surface area contributed by atoms with Crippen LogP contribution in [0.2, 0.25) is 0 Å². The minimum atomic E-state index is -1.54. The van der Waals surface area contributed by atoms with E-state index in [1.807, 2.05) is 0 Å². The van der Waals surface area contributed by atoms with Crippen molar-refractivity contribution in [3.05, 3.63) is 0 Å². The van der Waals surface area contributed by atoms with Gasteiger partial charge in [0.15, 0.2) is 12.6 Å². The third kappa shape index (κ3) is 3.42. The minimum Gasteiger partial charge on any atom is -0.394 e. The van der Waals surface area contributed by atoms with E-state index >= 15 is 0 Å². The lowest BCUT2D eigenvalue weighted by molar-refractivity contribution is -0.303. The van der Waals surface area contributed by atoms with Crippen LogP contribution in [0.3, 0.4) is 0 Å². The maximum absolute atomic E-state index is 10.1. The van der Waals surface area contributed by atoms with Gasteiger partial charge in [-0.15, -0.1) is 0 Å². The van der Waals surface area contributed by atoms with Gasteiger partial charge in [-0.1, -0.05) is 0 Å². The van der Waals surface area contributed by atoms with Crippen LogP contribution in [0.15, 0.2) is 0 Å². The zero-order valence-electron chi connectivity index (χ0n) is 8.92. The quantitative estimate of drug-likeness (QED) is 0.316. The Bertz CT molecular complexity index is 245. The van der Waals surface area contributed by atoms with E-state index in [0.717, 1.165) is 0 Å². The summed E-state index contributed by atoms with van der Waals surface area (Å²) in [6.45, 7) is -0.993. The fourth-order valence-corrected chi connectivity index (χ4v) is 1.44.